The van der Waals surface area contributed by atoms with E-state index in [9.17, 15) is 13.2 Å². The summed E-state index contributed by atoms with van der Waals surface area (Å²) in [7, 11) is -3.79. The predicted octanol–water partition coefficient (Wildman–Crippen LogP) is 3.29. The van der Waals surface area contributed by atoms with Crippen LogP contribution in [-0.4, -0.2) is 23.9 Å². The van der Waals surface area contributed by atoms with Crippen molar-refractivity contribution in [2.75, 3.05) is 0 Å². The smallest absolute Gasteiger partial charge is 0.238 e. The Kier molecular flexibility index (Phi) is 6.11. The normalized spacial score (nSPS) is 15.2. The molecule has 7 nitrogen and oxygen atoms in total. The van der Waals surface area contributed by atoms with Gasteiger partial charge in [0, 0.05) is 19.4 Å². The van der Waals surface area contributed by atoms with Crippen molar-refractivity contribution in [1.29, 1.82) is 0 Å². The van der Waals surface area contributed by atoms with Crippen molar-refractivity contribution >= 4 is 27.0 Å². The molecular weight excluding hydrogens is 412 g/mol. The number of nitrogens with one attached hydrogen (secondary N) is 1. The molecule has 31 heavy (non-hydrogen) atoms. The van der Waals surface area contributed by atoms with Gasteiger partial charge in [-0.15, -0.1) is 0 Å². The van der Waals surface area contributed by atoms with E-state index in [0.717, 1.165) is 42.7 Å². The van der Waals surface area contributed by atoms with E-state index in [2.05, 4.69) is 33.9 Å². The third kappa shape index (κ3) is 4.97. The lowest BCUT2D eigenvalue weighted by Crippen LogP contribution is -2.30. The number of hydrogen-bond donors (Lipinski definition) is 2. The summed E-state index contributed by atoms with van der Waals surface area (Å²) in [5.74, 6) is 1.29. The van der Waals surface area contributed by atoms with Crippen molar-refractivity contribution in [2.45, 2.75) is 56.5 Å². The van der Waals surface area contributed by atoms with E-state index in [0.29, 0.717) is 24.3 Å². The van der Waals surface area contributed by atoms with Gasteiger partial charge in [-0.1, -0.05) is 37.3 Å². The number of fused-ring (bicyclic) bond motifs is 1. The molecule has 0 spiro atoms. The Morgan fingerprint density at radius 3 is 2.61 bits per heavy atom. The van der Waals surface area contributed by atoms with Gasteiger partial charge in [-0.05, 0) is 48.9 Å². The Balaban J connectivity index is 1.51. The van der Waals surface area contributed by atoms with Gasteiger partial charge < -0.3 is 9.88 Å². The zero-order chi connectivity index (χ0) is 22.0. The molecule has 0 radical (unpaired) electrons. The third-order valence-corrected chi connectivity index (χ3v) is 6.63. The van der Waals surface area contributed by atoms with Crippen LogP contribution in [0.1, 0.15) is 50.0 Å². The molecule has 1 aliphatic rings. The minimum Gasteiger partial charge on any atom is -0.349 e. The summed E-state index contributed by atoms with van der Waals surface area (Å²) in [6.07, 6.45) is 3.99. The fourth-order valence-electron chi connectivity index (χ4n) is 4.03. The van der Waals surface area contributed by atoms with Crippen LogP contribution in [0.25, 0.3) is 11.0 Å². The zero-order valence-corrected chi connectivity index (χ0v) is 18.4. The van der Waals surface area contributed by atoms with E-state index in [1.165, 1.54) is 12.1 Å². The first kappa shape index (κ1) is 21.5. The minimum atomic E-state index is -3.79. The Hall–Kier alpha value is -2.71. The molecule has 2 aromatic carbocycles. The molecule has 1 amide bonds. The van der Waals surface area contributed by atoms with Gasteiger partial charge in [0.05, 0.1) is 22.0 Å². The van der Waals surface area contributed by atoms with E-state index in [-0.39, 0.29) is 16.8 Å². The fraction of sp³-hybridized carbons (Fsp3) is 0.391. The first-order chi connectivity index (χ1) is 14.9. The number of carbonyl (C=O) groups is 1. The summed E-state index contributed by atoms with van der Waals surface area (Å²) >= 11 is 0. The van der Waals surface area contributed by atoms with Gasteiger partial charge in [0.25, 0.3) is 0 Å². The standard InChI is InChI=1S/C23H28N4O3S/c1-2-14-27-20-11-10-18(31(24,29)30)15-19(20)25-21(27)12-13-22(28)26-23(17-8-9-17)16-6-4-3-5-7-16/h3-7,10-11,15,17,23H,2,8-9,12-14H2,1H3,(H,26,28)(H2,24,29,30). The van der Waals surface area contributed by atoms with Gasteiger partial charge in [-0.25, -0.2) is 18.5 Å². The topological polar surface area (TPSA) is 107 Å². The number of aromatic nitrogens is 2. The van der Waals surface area contributed by atoms with Gasteiger partial charge in [-0.3, -0.25) is 4.79 Å². The molecular formula is C23H28N4O3S. The minimum absolute atomic E-state index is 0.00100. The Labute approximate surface area is 182 Å². The molecule has 1 aliphatic carbocycles. The Morgan fingerprint density at radius 1 is 1.23 bits per heavy atom. The number of amides is 1. The molecule has 1 fully saturated rings. The number of sulfonamides is 1. The van der Waals surface area contributed by atoms with E-state index in [4.69, 9.17) is 5.14 Å². The summed E-state index contributed by atoms with van der Waals surface area (Å²) in [6.45, 7) is 2.82. The molecule has 3 aromatic rings. The van der Waals surface area contributed by atoms with Crippen molar-refractivity contribution in [3.8, 4) is 0 Å². The molecule has 0 bridgehead atoms. The molecule has 1 atom stereocenters. The lowest BCUT2D eigenvalue weighted by molar-refractivity contribution is -0.122. The SMILES string of the molecule is CCCn1c(CCC(=O)NC(c2ccccc2)C2CC2)nc2cc(S(N)(=O)=O)ccc21. The number of aryl methyl sites for hydroxylation is 2. The van der Waals surface area contributed by atoms with E-state index in [1.54, 1.807) is 6.07 Å². The Morgan fingerprint density at radius 2 is 1.97 bits per heavy atom. The number of rotatable bonds is 9. The molecule has 4 rings (SSSR count). The molecule has 8 heteroatoms. The summed E-state index contributed by atoms with van der Waals surface area (Å²) in [6, 6.07) is 14.9. The van der Waals surface area contributed by atoms with Crippen LogP contribution in [0.2, 0.25) is 0 Å². The van der Waals surface area contributed by atoms with Crippen LogP contribution in [0.15, 0.2) is 53.4 Å². The van der Waals surface area contributed by atoms with Gasteiger partial charge >= 0.3 is 0 Å². The molecule has 0 aliphatic heterocycles. The summed E-state index contributed by atoms with van der Waals surface area (Å²) < 4.78 is 25.4. The molecule has 1 unspecified atom stereocenters. The lowest BCUT2D eigenvalue weighted by atomic mass is 10.0. The molecule has 164 valence electrons. The first-order valence-electron chi connectivity index (χ1n) is 10.7. The number of carbonyl (C=O) groups excluding carboxylic acids is 1. The maximum atomic E-state index is 12.8. The predicted molar refractivity (Wildman–Crippen MR) is 120 cm³/mol. The van der Waals surface area contributed by atoms with Crippen LogP contribution in [0.4, 0.5) is 0 Å². The van der Waals surface area contributed by atoms with Gasteiger partial charge in [0.1, 0.15) is 5.82 Å². The second-order valence-electron chi connectivity index (χ2n) is 8.17. The maximum absolute atomic E-state index is 12.8. The highest BCUT2D eigenvalue weighted by Crippen LogP contribution is 2.41. The second-order valence-corrected chi connectivity index (χ2v) is 9.73. The largest absolute Gasteiger partial charge is 0.349 e. The van der Waals surface area contributed by atoms with Crippen molar-refractivity contribution < 1.29 is 13.2 Å². The molecule has 1 saturated carbocycles. The number of nitrogens with zero attached hydrogens (tertiary/aromatic N) is 2. The van der Waals surface area contributed by atoms with Crippen LogP contribution in [-0.2, 0) is 27.8 Å². The highest BCUT2D eigenvalue weighted by Gasteiger charge is 2.33. The lowest BCUT2D eigenvalue weighted by Gasteiger charge is -2.19. The van der Waals surface area contributed by atoms with Crippen molar-refractivity contribution in [3.05, 3.63) is 59.9 Å². The number of nitrogens with two attached hydrogens (primary N) is 1. The average molecular weight is 441 g/mol. The summed E-state index contributed by atoms with van der Waals surface area (Å²) in [5.41, 5.74) is 2.58. The van der Waals surface area contributed by atoms with E-state index < -0.39 is 10.0 Å². The van der Waals surface area contributed by atoms with Crippen molar-refractivity contribution in [3.63, 3.8) is 0 Å². The zero-order valence-electron chi connectivity index (χ0n) is 17.6. The van der Waals surface area contributed by atoms with Gasteiger partial charge in [0.15, 0.2) is 0 Å². The van der Waals surface area contributed by atoms with Crippen molar-refractivity contribution in [2.24, 2.45) is 11.1 Å². The highest BCUT2D eigenvalue weighted by atomic mass is 32.2. The van der Waals surface area contributed by atoms with Crippen LogP contribution in [0.3, 0.4) is 0 Å². The fourth-order valence-corrected chi connectivity index (χ4v) is 4.57. The van der Waals surface area contributed by atoms with E-state index >= 15 is 0 Å². The third-order valence-electron chi connectivity index (χ3n) is 5.72. The maximum Gasteiger partial charge on any atom is 0.238 e. The summed E-state index contributed by atoms with van der Waals surface area (Å²) in [5, 5.41) is 8.47. The monoisotopic (exact) mass is 440 g/mol. The van der Waals surface area contributed by atoms with Crippen molar-refractivity contribution in [1.82, 2.24) is 14.9 Å². The Bertz CT molecular complexity index is 1180. The second kappa shape index (κ2) is 8.80. The van der Waals surface area contributed by atoms with Crippen LogP contribution in [0, 0.1) is 5.92 Å². The molecule has 1 heterocycles. The van der Waals surface area contributed by atoms with Crippen LogP contribution < -0.4 is 10.5 Å². The average Bonchev–Trinajstić information content (AvgIpc) is 3.53. The molecule has 0 saturated heterocycles. The van der Waals surface area contributed by atoms with Crippen LogP contribution >= 0.6 is 0 Å². The van der Waals surface area contributed by atoms with Crippen LogP contribution in [0.5, 0.6) is 0 Å². The number of primary sulfonamides is 1. The number of benzene rings is 2. The van der Waals surface area contributed by atoms with Gasteiger partial charge in [0.2, 0.25) is 15.9 Å². The highest BCUT2D eigenvalue weighted by molar-refractivity contribution is 7.89. The molecule has 3 N–H and O–H groups in total. The van der Waals surface area contributed by atoms with Gasteiger partial charge in [-0.2, -0.15) is 0 Å². The summed E-state index contributed by atoms with van der Waals surface area (Å²) in [4.78, 5) is 17.4. The quantitative estimate of drug-likeness (QED) is 0.532. The number of imidazole rings is 1. The molecule has 1 aromatic heterocycles. The first-order valence-corrected chi connectivity index (χ1v) is 12.3. The number of hydrogen-bond acceptors (Lipinski definition) is 4. The van der Waals surface area contributed by atoms with E-state index in [1.807, 2.05) is 18.2 Å².